The van der Waals surface area contributed by atoms with Crippen LogP contribution in [-0.4, -0.2) is 267 Å². The zero-order chi connectivity index (χ0) is 94.5. The van der Waals surface area contributed by atoms with Crippen LogP contribution in [0.5, 0.6) is 5.75 Å². The summed E-state index contributed by atoms with van der Waals surface area (Å²) < 4.78 is 44.0. The van der Waals surface area contributed by atoms with Crippen LogP contribution in [0, 0.1) is 42.3 Å². The van der Waals surface area contributed by atoms with Crippen LogP contribution in [0.3, 0.4) is 0 Å². The molecule has 0 saturated carbocycles. The highest BCUT2D eigenvalue weighted by Gasteiger charge is 2.49. The molecule has 706 valence electrons. The molecule has 3 saturated heterocycles. The second-order valence-corrected chi connectivity index (χ2v) is 35.4. The number of carboxylic acid groups (broad SMARTS) is 1. The number of halogens is 2. The molecule has 0 unspecified atom stereocenters. The molecule has 9 rings (SSSR count). The lowest BCUT2D eigenvalue weighted by Crippen LogP contribution is -2.61. The number of aliphatic carboxylic acids is 1. The van der Waals surface area contributed by atoms with Gasteiger partial charge in [0.15, 0.2) is 6.10 Å². The number of hydrogen-bond acceptors (Lipinski definition) is 24. The van der Waals surface area contributed by atoms with E-state index in [1.165, 1.54) is 56.3 Å². The molecule has 9 amide bonds. The fourth-order valence-electron chi connectivity index (χ4n) is 16.5. The number of ether oxygens (including phenoxy) is 5. The van der Waals surface area contributed by atoms with E-state index in [9.17, 15) is 73.5 Å². The Kier molecular flexibility index (Phi) is 37.4. The molecule has 3 aliphatic heterocycles. The summed E-state index contributed by atoms with van der Waals surface area (Å²) in [6.07, 6.45) is -8.04. The lowest BCUT2D eigenvalue weighted by atomic mass is 9.89. The van der Waals surface area contributed by atoms with Gasteiger partial charge in [0.1, 0.15) is 72.3 Å². The van der Waals surface area contributed by atoms with E-state index in [0.29, 0.717) is 88.8 Å². The highest BCUT2D eigenvalue weighted by atomic mass is 35.5. The number of methoxy groups -OCH3 is 1. The number of nitrogens with one attached hydrogen (secondary N) is 8. The number of aliphatic hydroxyl groups excluding tert-OH is 4. The van der Waals surface area contributed by atoms with Crippen LogP contribution < -0.4 is 52.6 Å². The molecule has 0 bridgehead atoms. The third-order valence-electron chi connectivity index (χ3n) is 24.0. The topological polar surface area (TPSA) is 483 Å². The number of carbonyl (C=O) groups excluding carboxylic acids is 9. The van der Waals surface area contributed by atoms with E-state index < -0.39 is 157 Å². The lowest BCUT2D eigenvalue weighted by molar-refractivity contribution is -0.271. The van der Waals surface area contributed by atoms with Gasteiger partial charge in [0.2, 0.25) is 53.5 Å². The molecule has 2 aromatic heterocycles. The van der Waals surface area contributed by atoms with Gasteiger partial charge >= 0.3 is 12.1 Å². The molecule has 15 N–H and O–H groups in total. The maximum Gasteiger partial charge on any atom is 0.410 e. The number of fused-ring (bicyclic) bond motifs is 1. The average molecular weight is 1820 g/mol. The van der Waals surface area contributed by atoms with E-state index in [2.05, 4.69) is 47.1 Å². The van der Waals surface area contributed by atoms with Gasteiger partial charge in [-0.05, 0) is 141 Å². The quantitative estimate of drug-likeness (QED) is 0.0165. The van der Waals surface area contributed by atoms with Crippen LogP contribution in [0.4, 0.5) is 26.4 Å². The maximum atomic E-state index is 15.1. The largest absolute Gasteiger partial charge is 0.479 e. The van der Waals surface area contributed by atoms with E-state index in [1.807, 2.05) is 51.1 Å². The van der Waals surface area contributed by atoms with Crippen molar-refractivity contribution in [3.8, 4) is 28.3 Å². The number of likely N-dealkylation sites (N-methyl/N-ethyl adjacent to an activating group) is 2. The first-order valence-corrected chi connectivity index (χ1v) is 44.6. The number of H-pyrrole nitrogens is 1. The van der Waals surface area contributed by atoms with Gasteiger partial charge in [0, 0.05) is 102 Å². The van der Waals surface area contributed by atoms with Crippen molar-refractivity contribution < 1.29 is 102 Å². The molecule has 4 aromatic carbocycles. The molecule has 129 heavy (non-hydrogen) atoms. The fraction of sp³-hybridized carbons (Fsp3) is 0.565. The van der Waals surface area contributed by atoms with E-state index >= 15 is 4.39 Å². The molecule has 6 aromatic rings. The van der Waals surface area contributed by atoms with Gasteiger partial charge in [-0.25, -0.2) is 23.9 Å². The number of benzene rings is 4. The predicted octanol–water partition coefficient (Wildman–Crippen LogP) is 7.47. The van der Waals surface area contributed by atoms with Crippen molar-refractivity contribution in [1.82, 2.24) is 56.2 Å². The first kappa shape index (κ1) is 102. The number of piperidine rings is 1. The molecule has 37 heteroatoms. The van der Waals surface area contributed by atoms with Crippen LogP contribution in [0.1, 0.15) is 157 Å². The maximum absolute atomic E-state index is 15.1. The van der Waals surface area contributed by atoms with Crippen molar-refractivity contribution in [3.05, 3.63) is 119 Å². The van der Waals surface area contributed by atoms with Crippen molar-refractivity contribution in [2.75, 3.05) is 82.7 Å². The molecule has 5 heterocycles. The summed E-state index contributed by atoms with van der Waals surface area (Å²) in [4.78, 5) is 158. The Hall–Kier alpha value is -10.7. The third-order valence-corrected chi connectivity index (χ3v) is 24.3. The zero-order valence-corrected chi connectivity index (χ0v) is 76.9. The van der Waals surface area contributed by atoms with Crippen LogP contribution in [0.2, 0.25) is 5.02 Å². The molecule has 3 aliphatic rings. The molecular weight excluding hydrogens is 1690 g/mol. The number of aromatic nitrogens is 3. The van der Waals surface area contributed by atoms with Crippen LogP contribution >= 0.6 is 11.6 Å². The molecule has 0 radical (unpaired) electrons. The summed E-state index contributed by atoms with van der Waals surface area (Å²) >= 11 is 6.40. The number of rotatable bonds is 43. The number of pyridine rings is 1. The van der Waals surface area contributed by atoms with Crippen LogP contribution in [0.25, 0.3) is 33.5 Å². The molecule has 0 aliphatic carbocycles. The van der Waals surface area contributed by atoms with E-state index in [0.717, 1.165) is 35.4 Å². The normalized spacial score (nSPS) is 19.5. The van der Waals surface area contributed by atoms with Crippen LogP contribution in [-0.2, 0) is 68.7 Å². The van der Waals surface area contributed by atoms with E-state index in [1.54, 1.807) is 97.8 Å². The van der Waals surface area contributed by atoms with Gasteiger partial charge in [-0.15, -0.1) is 0 Å². The summed E-state index contributed by atoms with van der Waals surface area (Å²) in [5, 5.41) is 73.7. The van der Waals surface area contributed by atoms with E-state index in [4.69, 9.17) is 51.0 Å². The van der Waals surface area contributed by atoms with Crippen molar-refractivity contribution in [3.63, 3.8) is 0 Å². The number of aryl methyl sites for hydroxylation is 1. The number of hydrogen-bond donors (Lipinski definition) is 14. The highest BCUT2D eigenvalue weighted by molar-refractivity contribution is 6.31. The van der Waals surface area contributed by atoms with Gasteiger partial charge in [0.25, 0.3) is 0 Å². The number of nitrogens with zero attached hydrogens (tertiary/aromatic N) is 6. The third kappa shape index (κ3) is 27.0. The number of aliphatic hydroxyl groups is 4. The smallest absolute Gasteiger partial charge is 0.410 e. The van der Waals surface area contributed by atoms with Gasteiger partial charge in [-0.3, -0.25) is 43.3 Å². The standard InChI is InChI=1S/C92H129ClFN15O20/c1-16-52(9)76(68(125-15)45-71(112)109-34-20-23-62(109)41-53(10)85(117)99-54(11)78(113)57-21-18-17-19-22-57)106(13)89(121)74(49(4)5)105-88(120)75(50(6)7)107(14)92(124)127-47-56-24-26-65(67(42-56)128-91-81(116)79(114)80(115)82(129-91)90(122)123)103-86(118)55(12)100-87(119)73(48(2)3)104-70(111)31-38-126-37-30-69(110)96-32-33-97-83-72(84-101-64-27-25-59(93)44-66(64)102-84)77(108-35-28-61(95)29-36-108)63(46-98-83)58-39-51(8)40-60(94)43-58/h17-19,21-22,24-27,39-40,42-44,46,48-50,52-55,61-62,68,73-76,78-82,91,113-116H,16,20,23,28-38,41,45,47,95H2,1-15H3,(H,96,110)(H,97,98)(H,99,117)(H,100,119)(H,101,102)(H,103,118)(H,104,111)(H,105,120)(H,122,123)/t52-,53+,54+,55-,62-,68+,73-,74-,75-,76-,78+,79-,80-,81+,82-,91+/m0/s1. The minimum atomic E-state index is -2.12. The number of carboxylic acids is 1. The summed E-state index contributed by atoms with van der Waals surface area (Å²) in [6.45, 7) is 22.2. The monoisotopic (exact) mass is 1820 g/mol. The second-order valence-electron chi connectivity index (χ2n) is 35.0. The number of aromatic amines is 1. The number of carbonyl (C=O) groups is 10. The second kappa shape index (κ2) is 47.2. The van der Waals surface area contributed by atoms with Crippen molar-refractivity contribution in [2.24, 2.45) is 35.3 Å². The summed E-state index contributed by atoms with van der Waals surface area (Å²) in [5.41, 5.74) is 11.8. The molecule has 3 fully saturated rings. The van der Waals surface area contributed by atoms with Crippen molar-refractivity contribution in [2.45, 2.75) is 239 Å². The zero-order valence-electron chi connectivity index (χ0n) is 76.1. The number of nitrogens with two attached hydrogens (primary N) is 1. The highest BCUT2D eigenvalue weighted by Crippen LogP contribution is 2.45. The molecular formula is C92H129ClFN15O20. The minimum absolute atomic E-state index is 0.0130. The Bertz CT molecular complexity index is 4830. The van der Waals surface area contributed by atoms with Crippen molar-refractivity contribution >= 4 is 99.1 Å². The number of imidazole rings is 1. The van der Waals surface area contributed by atoms with Crippen LogP contribution in [0.15, 0.2) is 91.1 Å². The lowest BCUT2D eigenvalue weighted by Gasteiger charge is -2.40. The van der Waals surface area contributed by atoms with Gasteiger partial charge in [-0.2, -0.15) is 0 Å². The van der Waals surface area contributed by atoms with Gasteiger partial charge < -0.3 is 112 Å². The fourth-order valence-corrected chi connectivity index (χ4v) is 16.7. The Morgan fingerprint density at radius 1 is 0.752 bits per heavy atom. The number of anilines is 3. The number of likely N-dealkylation sites (tertiary alicyclic amines) is 1. The summed E-state index contributed by atoms with van der Waals surface area (Å²) in [6, 6.07) is 16.7. The molecule has 16 atom stereocenters. The SMILES string of the molecule is CC[C@H](C)[C@@H]([C@@H](CC(=O)N1CCC[C@H]1C[C@@H](C)C(=O)N[C@H](C)[C@@H](O)c1ccccc1)OC)N(C)C(=O)[C@@H](NC(=O)[C@H](C(C)C)N(C)C(=O)OCc1ccc(NC(=O)[C@H](C)NC(=O)[C@@H](NC(=O)CCOCCC(=O)NCCNc2ncc(-c3cc(C)cc(F)c3)c(N3CCC(N)CC3)c2-c2nc3ccc(Cl)cc3[nH]2)C(C)C)c(O[C@@H]2O[C@H](C(=O)O)[C@@H](O)[C@H](O)[C@H]2O)c1)C(C)C. The average Bonchev–Trinajstić information content (AvgIpc) is 1.67. The van der Waals surface area contributed by atoms with Gasteiger partial charge in [0.05, 0.1) is 71.9 Å². The Morgan fingerprint density at radius 2 is 1.44 bits per heavy atom. The Balaban J connectivity index is 0.777. The number of amides is 9. The van der Waals surface area contributed by atoms with Gasteiger partial charge in [-0.1, -0.05) is 123 Å². The minimum Gasteiger partial charge on any atom is -0.479 e. The van der Waals surface area contributed by atoms with E-state index in [-0.39, 0.29) is 98.3 Å². The molecule has 0 spiro atoms. The predicted molar refractivity (Wildman–Crippen MR) is 482 cm³/mol. The summed E-state index contributed by atoms with van der Waals surface area (Å²) in [7, 11) is 4.41. The summed E-state index contributed by atoms with van der Waals surface area (Å²) in [5.74, 6) is -8.04. The first-order chi connectivity index (χ1) is 61.2. The Labute approximate surface area is 756 Å². The molecule has 35 nitrogen and oxygen atoms in total. The van der Waals surface area contributed by atoms with Crippen molar-refractivity contribution in [1.29, 1.82) is 0 Å². The first-order valence-electron chi connectivity index (χ1n) is 44.2. The Morgan fingerprint density at radius 3 is 2.09 bits per heavy atom.